The van der Waals surface area contributed by atoms with E-state index in [-0.39, 0.29) is 11.4 Å². The molecule has 5 heteroatoms. The summed E-state index contributed by atoms with van der Waals surface area (Å²) in [5.41, 5.74) is 0.983. The monoisotopic (exact) mass is 276 g/mol. The highest BCUT2D eigenvalue weighted by molar-refractivity contribution is 7.20. The van der Waals surface area contributed by atoms with Gasteiger partial charge >= 0.3 is 0 Å². The third-order valence-electron chi connectivity index (χ3n) is 3.80. The Balaban J connectivity index is 1.95. The first kappa shape index (κ1) is 12.6. The highest BCUT2D eigenvalue weighted by Crippen LogP contribution is 2.30. The minimum Gasteiger partial charge on any atom is -0.376 e. The molecule has 0 unspecified atom stereocenters. The molecule has 0 radical (unpaired) electrons. The lowest BCUT2D eigenvalue weighted by molar-refractivity contribution is -0.108. The van der Waals surface area contributed by atoms with Crippen LogP contribution in [0.3, 0.4) is 0 Å². The summed E-state index contributed by atoms with van der Waals surface area (Å²) in [6, 6.07) is 3.91. The SMILES string of the molecule is Cc1ccnc2sc(C(=O)N(C)C3(C)COC3)cc12. The molecule has 1 aliphatic rings. The van der Waals surface area contributed by atoms with Crippen LogP contribution in [0.15, 0.2) is 18.3 Å². The summed E-state index contributed by atoms with van der Waals surface area (Å²) in [5, 5.41) is 1.07. The normalized spacial score (nSPS) is 17.2. The Labute approximate surface area is 116 Å². The van der Waals surface area contributed by atoms with Gasteiger partial charge in [-0.15, -0.1) is 11.3 Å². The van der Waals surface area contributed by atoms with Crippen molar-refractivity contribution in [2.75, 3.05) is 20.3 Å². The fourth-order valence-corrected chi connectivity index (χ4v) is 3.23. The van der Waals surface area contributed by atoms with E-state index in [0.29, 0.717) is 13.2 Å². The standard InChI is InChI=1S/C14H16N2O2S/c1-9-4-5-15-12-10(9)6-11(19-12)13(17)16(3)14(2)7-18-8-14/h4-6H,7-8H2,1-3H3. The molecule has 0 aliphatic carbocycles. The van der Waals surface area contributed by atoms with Gasteiger partial charge in [0, 0.05) is 18.6 Å². The Bertz CT molecular complexity index is 646. The van der Waals surface area contributed by atoms with Crippen molar-refractivity contribution < 1.29 is 9.53 Å². The number of aromatic nitrogens is 1. The van der Waals surface area contributed by atoms with Gasteiger partial charge in [-0.25, -0.2) is 4.98 Å². The lowest BCUT2D eigenvalue weighted by Gasteiger charge is -2.45. The Kier molecular flexibility index (Phi) is 2.83. The minimum absolute atomic E-state index is 0.0493. The maximum Gasteiger partial charge on any atom is 0.264 e. The molecule has 0 atom stereocenters. The van der Waals surface area contributed by atoms with Gasteiger partial charge < -0.3 is 9.64 Å². The maximum atomic E-state index is 12.5. The second kappa shape index (κ2) is 4.28. The molecule has 1 amide bonds. The van der Waals surface area contributed by atoms with Gasteiger partial charge in [0.25, 0.3) is 5.91 Å². The topological polar surface area (TPSA) is 42.4 Å². The molecular formula is C14H16N2O2S. The van der Waals surface area contributed by atoms with Crippen molar-refractivity contribution in [1.82, 2.24) is 9.88 Å². The average Bonchev–Trinajstić information content (AvgIpc) is 2.79. The van der Waals surface area contributed by atoms with Crippen molar-refractivity contribution in [2.45, 2.75) is 19.4 Å². The van der Waals surface area contributed by atoms with Gasteiger partial charge in [0.1, 0.15) is 4.83 Å². The van der Waals surface area contributed by atoms with Crippen LogP contribution in [0.5, 0.6) is 0 Å². The number of hydrogen-bond donors (Lipinski definition) is 0. The summed E-state index contributed by atoms with van der Waals surface area (Å²) in [7, 11) is 1.84. The number of rotatable bonds is 2. The van der Waals surface area contributed by atoms with E-state index in [4.69, 9.17) is 4.74 Å². The lowest BCUT2D eigenvalue weighted by atomic mass is 9.98. The zero-order valence-electron chi connectivity index (χ0n) is 11.3. The van der Waals surface area contributed by atoms with Gasteiger partial charge in [-0.3, -0.25) is 4.79 Å². The number of ether oxygens (including phenoxy) is 1. The van der Waals surface area contributed by atoms with E-state index in [1.807, 2.05) is 33.0 Å². The molecule has 1 aliphatic heterocycles. The average molecular weight is 276 g/mol. The van der Waals surface area contributed by atoms with Gasteiger partial charge in [-0.2, -0.15) is 0 Å². The minimum atomic E-state index is -0.171. The number of carbonyl (C=O) groups excluding carboxylic acids is 1. The number of carbonyl (C=O) groups is 1. The number of thiophene rings is 1. The van der Waals surface area contributed by atoms with Crippen LogP contribution < -0.4 is 0 Å². The van der Waals surface area contributed by atoms with Gasteiger partial charge in [0.2, 0.25) is 0 Å². The smallest absolute Gasteiger partial charge is 0.264 e. The molecule has 2 aromatic rings. The van der Waals surface area contributed by atoms with E-state index in [1.165, 1.54) is 11.3 Å². The van der Waals surface area contributed by atoms with Crippen molar-refractivity contribution in [3.8, 4) is 0 Å². The number of aryl methyl sites for hydroxylation is 1. The lowest BCUT2D eigenvalue weighted by Crippen LogP contribution is -2.60. The van der Waals surface area contributed by atoms with Crippen molar-refractivity contribution in [2.24, 2.45) is 0 Å². The molecular weight excluding hydrogens is 260 g/mol. The summed E-state index contributed by atoms with van der Waals surface area (Å²) in [5.74, 6) is 0.0493. The first-order valence-electron chi connectivity index (χ1n) is 6.22. The van der Waals surface area contributed by atoms with Crippen LogP contribution in [0.1, 0.15) is 22.2 Å². The number of pyridine rings is 1. The molecule has 0 bridgehead atoms. The Morgan fingerprint density at radius 1 is 1.53 bits per heavy atom. The van der Waals surface area contributed by atoms with Gasteiger partial charge in [0.05, 0.1) is 23.6 Å². The zero-order chi connectivity index (χ0) is 13.6. The molecule has 0 spiro atoms. The van der Waals surface area contributed by atoms with Crippen LogP contribution in [0, 0.1) is 6.92 Å². The van der Waals surface area contributed by atoms with Crippen LogP contribution in [-0.4, -0.2) is 41.6 Å². The highest BCUT2D eigenvalue weighted by atomic mass is 32.1. The zero-order valence-corrected chi connectivity index (χ0v) is 12.1. The van der Waals surface area contributed by atoms with Gasteiger partial charge in [0.15, 0.2) is 0 Å². The van der Waals surface area contributed by atoms with Crippen molar-refractivity contribution in [3.63, 3.8) is 0 Å². The summed E-state index contributed by atoms with van der Waals surface area (Å²) in [4.78, 5) is 20.3. The van der Waals surface area contributed by atoms with Crippen LogP contribution in [0.2, 0.25) is 0 Å². The summed E-state index contributed by atoms with van der Waals surface area (Å²) < 4.78 is 5.22. The summed E-state index contributed by atoms with van der Waals surface area (Å²) in [6.45, 7) is 5.30. The molecule has 100 valence electrons. The van der Waals surface area contributed by atoms with Gasteiger partial charge in [-0.1, -0.05) is 0 Å². The Morgan fingerprint density at radius 2 is 2.26 bits per heavy atom. The Hall–Kier alpha value is -1.46. The van der Waals surface area contributed by atoms with Gasteiger partial charge in [-0.05, 0) is 31.5 Å². The maximum absolute atomic E-state index is 12.5. The summed E-state index contributed by atoms with van der Waals surface area (Å²) in [6.07, 6.45) is 1.78. The van der Waals surface area contributed by atoms with Crippen molar-refractivity contribution in [3.05, 3.63) is 28.8 Å². The molecule has 1 fully saturated rings. The third-order valence-corrected chi connectivity index (χ3v) is 4.84. The fourth-order valence-electron chi connectivity index (χ4n) is 2.17. The predicted octanol–water partition coefficient (Wildman–Crippen LogP) is 2.47. The van der Waals surface area contributed by atoms with Crippen LogP contribution in [0.4, 0.5) is 0 Å². The van der Waals surface area contributed by atoms with Crippen LogP contribution in [0.25, 0.3) is 10.2 Å². The molecule has 3 heterocycles. The van der Waals surface area contributed by atoms with E-state index < -0.39 is 0 Å². The van der Waals surface area contributed by atoms with Crippen LogP contribution >= 0.6 is 11.3 Å². The van der Waals surface area contributed by atoms with Crippen LogP contribution in [-0.2, 0) is 4.74 Å². The molecule has 1 saturated heterocycles. The highest BCUT2D eigenvalue weighted by Gasteiger charge is 2.40. The molecule has 0 saturated carbocycles. The Morgan fingerprint density at radius 3 is 2.84 bits per heavy atom. The number of hydrogen-bond acceptors (Lipinski definition) is 4. The molecule has 4 nitrogen and oxygen atoms in total. The number of fused-ring (bicyclic) bond motifs is 1. The largest absolute Gasteiger partial charge is 0.376 e. The van der Waals surface area contributed by atoms with E-state index in [1.54, 1.807) is 11.1 Å². The fraction of sp³-hybridized carbons (Fsp3) is 0.429. The number of amides is 1. The first-order chi connectivity index (χ1) is 9.01. The van der Waals surface area contributed by atoms with E-state index in [0.717, 1.165) is 20.7 Å². The second-order valence-electron chi connectivity index (χ2n) is 5.31. The molecule has 3 rings (SSSR count). The molecule has 0 N–H and O–H groups in total. The number of likely N-dealkylation sites (N-methyl/N-ethyl adjacent to an activating group) is 1. The first-order valence-corrected chi connectivity index (χ1v) is 7.04. The molecule has 0 aromatic carbocycles. The van der Waals surface area contributed by atoms with E-state index in [9.17, 15) is 4.79 Å². The van der Waals surface area contributed by atoms with Crippen molar-refractivity contribution >= 4 is 27.5 Å². The quantitative estimate of drug-likeness (QED) is 0.846. The predicted molar refractivity (Wildman–Crippen MR) is 75.7 cm³/mol. The second-order valence-corrected chi connectivity index (χ2v) is 6.34. The van der Waals surface area contributed by atoms with E-state index >= 15 is 0 Å². The molecule has 2 aromatic heterocycles. The third kappa shape index (κ3) is 1.93. The number of nitrogens with zero attached hydrogens (tertiary/aromatic N) is 2. The summed E-state index contributed by atoms with van der Waals surface area (Å²) >= 11 is 1.46. The molecule has 19 heavy (non-hydrogen) atoms. The van der Waals surface area contributed by atoms with E-state index in [2.05, 4.69) is 4.98 Å². The van der Waals surface area contributed by atoms with Crippen molar-refractivity contribution in [1.29, 1.82) is 0 Å².